The summed E-state index contributed by atoms with van der Waals surface area (Å²) in [5.41, 5.74) is 6.86. The Kier molecular flexibility index (Phi) is 4.90. The van der Waals surface area contributed by atoms with E-state index < -0.39 is 0 Å². The van der Waals surface area contributed by atoms with Gasteiger partial charge >= 0.3 is 5.97 Å². The normalized spacial score (nSPS) is 13.5. The SMILES string of the molecule is CCOC(=O)c1c(C)[nH]c(C(=O)N2CCCc3c(C)cc(C)cc32)c1C. The maximum absolute atomic E-state index is 13.3. The van der Waals surface area contributed by atoms with Crippen LogP contribution in [0.1, 0.15) is 62.1 Å². The maximum atomic E-state index is 13.3. The number of esters is 1. The number of benzene rings is 1. The summed E-state index contributed by atoms with van der Waals surface area (Å²) in [6.45, 7) is 10.5. The van der Waals surface area contributed by atoms with Gasteiger partial charge in [-0.15, -0.1) is 0 Å². The zero-order valence-corrected chi connectivity index (χ0v) is 16.2. The van der Waals surface area contributed by atoms with Crippen LogP contribution >= 0.6 is 0 Å². The molecule has 1 aromatic heterocycles. The molecule has 1 aromatic carbocycles. The summed E-state index contributed by atoms with van der Waals surface area (Å²) in [6, 6.07) is 4.24. The molecule has 26 heavy (non-hydrogen) atoms. The van der Waals surface area contributed by atoms with E-state index in [-0.39, 0.29) is 11.9 Å². The minimum absolute atomic E-state index is 0.0906. The maximum Gasteiger partial charge on any atom is 0.340 e. The predicted octanol–water partition coefficient (Wildman–Crippen LogP) is 4.02. The van der Waals surface area contributed by atoms with Gasteiger partial charge in [0.15, 0.2) is 0 Å². The van der Waals surface area contributed by atoms with Crippen molar-refractivity contribution in [1.82, 2.24) is 4.98 Å². The van der Waals surface area contributed by atoms with Crippen LogP contribution in [0.5, 0.6) is 0 Å². The van der Waals surface area contributed by atoms with Crippen molar-refractivity contribution in [2.75, 3.05) is 18.1 Å². The molecule has 3 rings (SSSR count). The standard InChI is InChI=1S/C21H26N2O3/c1-6-26-21(25)18-14(4)19(22-15(18)5)20(24)23-9-7-8-16-13(3)10-12(2)11-17(16)23/h10-11,22H,6-9H2,1-5H3. The molecule has 138 valence electrons. The molecule has 1 N–H and O–H groups in total. The fourth-order valence-corrected chi connectivity index (χ4v) is 3.89. The first-order valence-corrected chi connectivity index (χ1v) is 9.13. The lowest BCUT2D eigenvalue weighted by Gasteiger charge is -2.31. The van der Waals surface area contributed by atoms with E-state index in [2.05, 4.69) is 24.0 Å². The van der Waals surface area contributed by atoms with E-state index in [1.807, 2.05) is 11.8 Å². The Bertz CT molecular complexity index is 880. The molecule has 0 unspecified atom stereocenters. The number of H-pyrrole nitrogens is 1. The van der Waals surface area contributed by atoms with Gasteiger partial charge in [0.2, 0.25) is 0 Å². The summed E-state index contributed by atoms with van der Waals surface area (Å²) >= 11 is 0. The van der Waals surface area contributed by atoms with Crippen molar-refractivity contribution in [3.63, 3.8) is 0 Å². The van der Waals surface area contributed by atoms with Gasteiger partial charge in [0.25, 0.3) is 5.91 Å². The molecule has 0 fully saturated rings. The molecule has 1 aliphatic heterocycles. The van der Waals surface area contributed by atoms with E-state index in [9.17, 15) is 9.59 Å². The van der Waals surface area contributed by atoms with Gasteiger partial charge in [-0.05, 0) is 75.8 Å². The largest absolute Gasteiger partial charge is 0.462 e. The number of nitrogens with zero attached hydrogens (tertiary/aromatic N) is 1. The van der Waals surface area contributed by atoms with E-state index >= 15 is 0 Å². The van der Waals surface area contributed by atoms with Crippen molar-refractivity contribution in [3.8, 4) is 0 Å². The van der Waals surface area contributed by atoms with Crippen molar-refractivity contribution in [2.45, 2.75) is 47.5 Å². The van der Waals surface area contributed by atoms with Crippen molar-refractivity contribution in [3.05, 3.63) is 51.3 Å². The predicted molar refractivity (Wildman–Crippen MR) is 102 cm³/mol. The lowest BCUT2D eigenvalue weighted by atomic mass is 9.94. The third kappa shape index (κ3) is 3.02. The van der Waals surface area contributed by atoms with Gasteiger partial charge in [0.1, 0.15) is 5.69 Å². The van der Waals surface area contributed by atoms with Crippen LogP contribution in [0.3, 0.4) is 0 Å². The minimum Gasteiger partial charge on any atom is -0.462 e. The highest BCUT2D eigenvalue weighted by Crippen LogP contribution is 2.33. The first-order chi connectivity index (χ1) is 12.3. The van der Waals surface area contributed by atoms with E-state index in [0.29, 0.717) is 35.7 Å². The number of nitrogens with one attached hydrogen (secondary N) is 1. The van der Waals surface area contributed by atoms with E-state index in [1.54, 1.807) is 20.8 Å². The number of ether oxygens (including phenoxy) is 1. The molecule has 5 nitrogen and oxygen atoms in total. The van der Waals surface area contributed by atoms with Gasteiger partial charge in [-0.2, -0.15) is 0 Å². The third-order valence-electron chi connectivity index (χ3n) is 5.07. The Morgan fingerprint density at radius 2 is 1.92 bits per heavy atom. The number of aromatic amines is 1. The summed E-state index contributed by atoms with van der Waals surface area (Å²) in [4.78, 5) is 30.5. The highest BCUT2D eigenvalue weighted by atomic mass is 16.5. The molecule has 0 aliphatic carbocycles. The molecule has 0 spiro atoms. The third-order valence-corrected chi connectivity index (χ3v) is 5.07. The Hall–Kier alpha value is -2.56. The summed E-state index contributed by atoms with van der Waals surface area (Å²) < 4.78 is 5.13. The van der Waals surface area contributed by atoms with Crippen LogP contribution in [0.4, 0.5) is 5.69 Å². The fraction of sp³-hybridized carbons (Fsp3) is 0.429. The lowest BCUT2D eigenvalue weighted by molar-refractivity contribution is 0.0525. The molecule has 0 atom stereocenters. The molecule has 2 aromatic rings. The number of aryl methyl sites for hydroxylation is 3. The van der Waals surface area contributed by atoms with Crippen LogP contribution < -0.4 is 4.90 Å². The van der Waals surface area contributed by atoms with Gasteiger partial charge in [-0.25, -0.2) is 4.79 Å². The fourth-order valence-electron chi connectivity index (χ4n) is 3.89. The number of fused-ring (bicyclic) bond motifs is 1. The highest BCUT2D eigenvalue weighted by Gasteiger charge is 2.29. The molecule has 0 saturated carbocycles. The number of anilines is 1. The summed E-state index contributed by atoms with van der Waals surface area (Å²) in [7, 11) is 0. The van der Waals surface area contributed by atoms with Gasteiger partial charge in [-0.1, -0.05) is 6.07 Å². The van der Waals surface area contributed by atoms with Crippen LogP contribution in [0.15, 0.2) is 12.1 Å². The molecule has 5 heteroatoms. The molecule has 0 saturated heterocycles. The number of carbonyl (C=O) groups is 2. The molecule has 1 aliphatic rings. The minimum atomic E-state index is -0.386. The number of amides is 1. The summed E-state index contributed by atoms with van der Waals surface area (Å²) in [6.07, 6.45) is 1.92. The Labute approximate surface area is 154 Å². The molecular weight excluding hydrogens is 328 g/mol. The molecule has 1 amide bonds. The number of carbonyl (C=O) groups excluding carboxylic acids is 2. The van der Waals surface area contributed by atoms with Crippen molar-refractivity contribution >= 4 is 17.6 Å². The van der Waals surface area contributed by atoms with Gasteiger partial charge in [0, 0.05) is 17.9 Å². The second-order valence-corrected chi connectivity index (χ2v) is 6.99. The average molecular weight is 354 g/mol. The Balaban J connectivity index is 2.02. The zero-order valence-electron chi connectivity index (χ0n) is 16.2. The van der Waals surface area contributed by atoms with E-state index in [0.717, 1.165) is 24.1 Å². The van der Waals surface area contributed by atoms with Gasteiger partial charge in [-0.3, -0.25) is 4.79 Å². The molecule has 2 heterocycles. The first-order valence-electron chi connectivity index (χ1n) is 9.13. The quantitative estimate of drug-likeness (QED) is 0.847. The lowest BCUT2D eigenvalue weighted by Crippen LogP contribution is -2.36. The second kappa shape index (κ2) is 6.98. The van der Waals surface area contributed by atoms with E-state index in [1.165, 1.54) is 11.1 Å². The average Bonchev–Trinajstić information content (AvgIpc) is 2.88. The molecular formula is C21H26N2O3. The molecule has 0 bridgehead atoms. The van der Waals surface area contributed by atoms with Gasteiger partial charge < -0.3 is 14.6 Å². The highest BCUT2D eigenvalue weighted by molar-refractivity contribution is 6.09. The smallest absolute Gasteiger partial charge is 0.340 e. The van der Waals surface area contributed by atoms with Crippen LogP contribution in [0.2, 0.25) is 0 Å². The Morgan fingerprint density at radius 1 is 1.19 bits per heavy atom. The second-order valence-electron chi connectivity index (χ2n) is 6.99. The topological polar surface area (TPSA) is 62.4 Å². The monoisotopic (exact) mass is 354 g/mol. The van der Waals surface area contributed by atoms with Crippen LogP contribution in [-0.2, 0) is 11.2 Å². The summed E-state index contributed by atoms with van der Waals surface area (Å²) in [5, 5.41) is 0. The number of hydrogen-bond acceptors (Lipinski definition) is 3. The van der Waals surface area contributed by atoms with Crippen LogP contribution in [-0.4, -0.2) is 30.0 Å². The number of rotatable bonds is 3. The number of hydrogen-bond donors (Lipinski definition) is 1. The van der Waals surface area contributed by atoms with E-state index in [4.69, 9.17) is 4.74 Å². The zero-order chi connectivity index (χ0) is 19.0. The van der Waals surface area contributed by atoms with Crippen molar-refractivity contribution in [2.24, 2.45) is 0 Å². The van der Waals surface area contributed by atoms with Crippen molar-refractivity contribution in [1.29, 1.82) is 0 Å². The van der Waals surface area contributed by atoms with Crippen LogP contribution in [0.25, 0.3) is 0 Å². The van der Waals surface area contributed by atoms with Crippen molar-refractivity contribution < 1.29 is 14.3 Å². The van der Waals surface area contributed by atoms with Crippen LogP contribution in [0, 0.1) is 27.7 Å². The molecule has 0 radical (unpaired) electrons. The van der Waals surface area contributed by atoms with Gasteiger partial charge in [0.05, 0.1) is 12.2 Å². The number of aromatic nitrogens is 1. The Morgan fingerprint density at radius 3 is 2.62 bits per heavy atom. The first kappa shape index (κ1) is 18.2. The summed E-state index contributed by atoms with van der Waals surface area (Å²) in [5.74, 6) is -0.476.